The van der Waals surface area contributed by atoms with Crippen molar-refractivity contribution in [2.45, 2.75) is 111 Å². The summed E-state index contributed by atoms with van der Waals surface area (Å²) in [5, 5.41) is 1.87. The van der Waals surface area contributed by atoms with E-state index in [2.05, 4.69) is 18.8 Å². The lowest BCUT2D eigenvalue weighted by Gasteiger charge is -2.24. The number of hydrogen-bond acceptors (Lipinski definition) is 4. The zero-order valence-corrected chi connectivity index (χ0v) is 20.8. The van der Waals surface area contributed by atoms with E-state index in [1.165, 1.54) is 4.68 Å². The molecule has 2 aromatic heterocycles. The van der Waals surface area contributed by atoms with E-state index < -0.39 is 0 Å². The molecular formula is C27H41N3O3. The summed E-state index contributed by atoms with van der Waals surface area (Å²) in [6, 6.07) is 5.52. The third-order valence-electron chi connectivity index (χ3n) is 5.99. The lowest BCUT2D eigenvalue weighted by atomic mass is 10.1. The molecule has 2 amide bonds. The zero-order valence-electron chi connectivity index (χ0n) is 20.8. The molecule has 2 heterocycles. The van der Waals surface area contributed by atoms with Crippen LogP contribution >= 0.6 is 0 Å². The number of amides is 2. The minimum atomic E-state index is -0.318. The number of aryl methyl sites for hydroxylation is 1. The zero-order chi connectivity index (χ0) is 24.1. The Morgan fingerprint density at radius 1 is 0.848 bits per heavy atom. The third kappa shape index (κ3) is 7.79. The van der Waals surface area contributed by atoms with Gasteiger partial charge in [0.2, 0.25) is 11.8 Å². The van der Waals surface area contributed by atoms with Crippen molar-refractivity contribution in [1.29, 1.82) is 0 Å². The number of imide groups is 1. The minimum absolute atomic E-state index is 0.254. The molecule has 0 saturated carbocycles. The number of aromatic nitrogens is 2. The third-order valence-corrected chi connectivity index (χ3v) is 5.99. The highest BCUT2D eigenvalue weighted by atomic mass is 16.2. The van der Waals surface area contributed by atoms with Gasteiger partial charge in [0.25, 0.3) is 5.56 Å². The predicted octanol–water partition coefficient (Wildman–Crippen LogP) is 6.06. The molecule has 0 aromatic carbocycles. The van der Waals surface area contributed by atoms with Crippen molar-refractivity contribution < 1.29 is 9.59 Å². The molecule has 6 heteroatoms. The number of pyridine rings is 2. The van der Waals surface area contributed by atoms with Crippen LogP contribution in [-0.2, 0) is 16.0 Å². The normalized spacial score (nSPS) is 11.1. The van der Waals surface area contributed by atoms with Crippen LogP contribution in [0.5, 0.6) is 0 Å². The van der Waals surface area contributed by atoms with Gasteiger partial charge in [-0.3, -0.25) is 14.4 Å². The molecule has 33 heavy (non-hydrogen) atoms. The van der Waals surface area contributed by atoms with E-state index in [4.69, 9.17) is 0 Å². The fraction of sp³-hybridized carbons (Fsp3) is 0.630. The van der Waals surface area contributed by atoms with E-state index >= 15 is 0 Å². The molecule has 2 rings (SSSR count). The van der Waals surface area contributed by atoms with Gasteiger partial charge in [0.05, 0.1) is 0 Å². The molecule has 0 N–H and O–H groups in total. The highest BCUT2D eigenvalue weighted by molar-refractivity contribution is 6.09. The van der Waals surface area contributed by atoms with Crippen molar-refractivity contribution in [3.63, 3.8) is 0 Å². The van der Waals surface area contributed by atoms with Crippen LogP contribution in [0.4, 0.5) is 0 Å². The summed E-state index contributed by atoms with van der Waals surface area (Å²) in [6.07, 6.45) is 13.5. The maximum atomic E-state index is 13.4. The SMILES string of the molecule is CCCCCCCC(=O)N(C(=O)CCCCCCC)n1c(=O)c(CCC)cc2cccnc21. The first-order chi connectivity index (χ1) is 16.0. The molecule has 2 aromatic rings. The van der Waals surface area contributed by atoms with Gasteiger partial charge in [-0.05, 0) is 37.5 Å². The molecule has 0 radical (unpaired) electrons. The summed E-state index contributed by atoms with van der Waals surface area (Å²) < 4.78 is 1.25. The van der Waals surface area contributed by atoms with Crippen LogP contribution in [-0.4, -0.2) is 21.5 Å². The number of hydrogen-bond donors (Lipinski definition) is 0. The molecule has 182 valence electrons. The first-order valence-corrected chi connectivity index (χ1v) is 12.9. The van der Waals surface area contributed by atoms with Gasteiger partial charge in [0, 0.05) is 30.0 Å². The van der Waals surface area contributed by atoms with Crippen molar-refractivity contribution in [3.05, 3.63) is 40.3 Å². The number of nitrogens with zero attached hydrogens (tertiary/aromatic N) is 3. The Balaban J connectivity index is 2.38. The van der Waals surface area contributed by atoms with E-state index in [0.717, 1.165) is 68.2 Å². The van der Waals surface area contributed by atoms with E-state index in [9.17, 15) is 14.4 Å². The van der Waals surface area contributed by atoms with Crippen molar-refractivity contribution in [1.82, 2.24) is 9.66 Å². The van der Waals surface area contributed by atoms with Gasteiger partial charge in [0.1, 0.15) is 0 Å². The summed E-state index contributed by atoms with van der Waals surface area (Å²) >= 11 is 0. The molecular weight excluding hydrogens is 414 g/mol. The van der Waals surface area contributed by atoms with Crippen molar-refractivity contribution in [3.8, 4) is 0 Å². The van der Waals surface area contributed by atoms with E-state index in [1.807, 2.05) is 25.1 Å². The minimum Gasteiger partial charge on any atom is -0.273 e. The van der Waals surface area contributed by atoms with Gasteiger partial charge in [-0.15, -0.1) is 0 Å². The maximum absolute atomic E-state index is 13.4. The average Bonchev–Trinajstić information content (AvgIpc) is 2.81. The molecule has 0 fully saturated rings. The first kappa shape index (κ1) is 26.7. The second-order valence-electron chi connectivity index (χ2n) is 8.88. The molecule has 0 bridgehead atoms. The fourth-order valence-corrected chi connectivity index (χ4v) is 4.15. The Labute approximate surface area is 198 Å². The lowest BCUT2D eigenvalue weighted by Crippen LogP contribution is -2.51. The van der Waals surface area contributed by atoms with Crippen molar-refractivity contribution in [2.75, 3.05) is 5.01 Å². The van der Waals surface area contributed by atoms with Gasteiger partial charge in [0.15, 0.2) is 5.65 Å². The Bertz CT molecular complexity index is 925. The Hall–Kier alpha value is -2.50. The molecule has 0 saturated heterocycles. The Kier molecular flexibility index (Phi) is 11.8. The highest BCUT2D eigenvalue weighted by Crippen LogP contribution is 2.16. The van der Waals surface area contributed by atoms with Crippen LogP contribution < -0.4 is 10.6 Å². The standard InChI is InChI=1S/C27H41N3O3/c1-4-7-9-11-13-18-24(31)29(25(32)19-14-12-10-8-5-2)30-26-22(17-15-20-28-26)21-23(16-6-3)27(30)33/h15,17,20-21H,4-14,16,18-19H2,1-3H3. The molecule has 6 nitrogen and oxygen atoms in total. The van der Waals surface area contributed by atoms with Crippen LogP contribution in [0.25, 0.3) is 11.0 Å². The predicted molar refractivity (Wildman–Crippen MR) is 135 cm³/mol. The molecule has 0 aliphatic heterocycles. The maximum Gasteiger partial charge on any atom is 0.275 e. The first-order valence-electron chi connectivity index (χ1n) is 12.9. The van der Waals surface area contributed by atoms with Gasteiger partial charge < -0.3 is 0 Å². The average molecular weight is 456 g/mol. The summed E-state index contributed by atoms with van der Waals surface area (Å²) in [7, 11) is 0. The number of carbonyl (C=O) groups excluding carboxylic acids is 2. The molecule has 0 aliphatic carbocycles. The van der Waals surface area contributed by atoms with Crippen LogP contribution in [0.1, 0.15) is 110 Å². The van der Waals surface area contributed by atoms with Gasteiger partial charge in [-0.25, -0.2) is 4.98 Å². The Morgan fingerprint density at radius 3 is 1.97 bits per heavy atom. The smallest absolute Gasteiger partial charge is 0.273 e. The molecule has 0 unspecified atom stereocenters. The monoisotopic (exact) mass is 455 g/mol. The second kappa shape index (κ2) is 14.6. The van der Waals surface area contributed by atoms with Crippen LogP contribution in [0.2, 0.25) is 0 Å². The number of unbranched alkanes of at least 4 members (excludes halogenated alkanes) is 8. The summed E-state index contributed by atoms with van der Waals surface area (Å²) in [4.78, 5) is 44.5. The van der Waals surface area contributed by atoms with Gasteiger partial charge in [-0.1, -0.05) is 78.6 Å². The lowest BCUT2D eigenvalue weighted by molar-refractivity contribution is -0.129. The summed E-state index contributed by atoms with van der Waals surface area (Å²) in [6.45, 7) is 6.32. The second-order valence-corrected chi connectivity index (χ2v) is 8.88. The summed E-state index contributed by atoms with van der Waals surface area (Å²) in [5.74, 6) is -0.625. The van der Waals surface area contributed by atoms with Crippen LogP contribution in [0.3, 0.4) is 0 Å². The quantitative estimate of drug-likeness (QED) is 0.306. The largest absolute Gasteiger partial charge is 0.275 e. The number of carbonyl (C=O) groups is 2. The Morgan fingerprint density at radius 2 is 1.42 bits per heavy atom. The van der Waals surface area contributed by atoms with E-state index in [0.29, 0.717) is 30.5 Å². The van der Waals surface area contributed by atoms with Gasteiger partial charge >= 0.3 is 0 Å². The van der Waals surface area contributed by atoms with Crippen LogP contribution in [0.15, 0.2) is 29.2 Å². The number of fused-ring (bicyclic) bond motifs is 1. The summed E-state index contributed by atoms with van der Waals surface area (Å²) in [5.41, 5.74) is 0.650. The molecule has 0 atom stereocenters. The van der Waals surface area contributed by atoms with E-state index in [-0.39, 0.29) is 30.2 Å². The highest BCUT2D eigenvalue weighted by Gasteiger charge is 2.27. The topological polar surface area (TPSA) is 72.3 Å². The molecule has 0 spiro atoms. The number of rotatable bonds is 15. The molecule has 0 aliphatic rings. The van der Waals surface area contributed by atoms with Crippen LogP contribution in [0, 0.1) is 0 Å². The van der Waals surface area contributed by atoms with E-state index in [1.54, 1.807) is 6.20 Å². The van der Waals surface area contributed by atoms with Crippen molar-refractivity contribution in [2.24, 2.45) is 0 Å². The fourth-order valence-electron chi connectivity index (χ4n) is 4.15. The van der Waals surface area contributed by atoms with Crippen molar-refractivity contribution >= 4 is 22.8 Å². The van der Waals surface area contributed by atoms with Gasteiger partial charge in [-0.2, -0.15) is 9.69 Å².